The van der Waals surface area contributed by atoms with E-state index >= 15 is 0 Å². The van der Waals surface area contributed by atoms with Crippen molar-refractivity contribution < 1.29 is 4.79 Å². The standard InChI is InChI=1S/C22H36O/c1-14-6-5-7-16-8-9-17-19-11-10-18(15(2)23)21(19,3)13-12-20(17)22(14,16)4/h14,16-20H,5-13H2,1-4H3/t14?,16-,17+,18-,19+,20+,21-,22+/m1/s1. The summed E-state index contributed by atoms with van der Waals surface area (Å²) in [7, 11) is 0. The van der Waals surface area contributed by atoms with E-state index in [0.717, 1.165) is 29.6 Å². The van der Waals surface area contributed by atoms with Crippen LogP contribution in [0.15, 0.2) is 0 Å². The highest BCUT2D eigenvalue weighted by atomic mass is 16.1. The molecule has 0 aliphatic heterocycles. The molecule has 4 saturated carbocycles. The number of Topliss-reactive ketones (excluding diaryl/α,β-unsaturated/α-hetero) is 1. The highest BCUT2D eigenvalue weighted by Gasteiger charge is 2.61. The maximum Gasteiger partial charge on any atom is 0.133 e. The number of ketones is 1. The summed E-state index contributed by atoms with van der Waals surface area (Å²) in [6.07, 6.45) is 12.6. The molecule has 4 rings (SSSR count). The zero-order valence-electron chi connectivity index (χ0n) is 15.7. The monoisotopic (exact) mass is 316 g/mol. The van der Waals surface area contributed by atoms with Crippen molar-refractivity contribution in [2.24, 2.45) is 46.3 Å². The predicted octanol–water partition coefficient (Wildman–Crippen LogP) is 5.87. The maximum absolute atomic E-state index is 12.2. The molecular weight excluding hydrogens is 280 g/mol. The van der Waals surface area contributed by atoms with E-state index in [-0.39, 0.29) is 0 Å². The fourth-order valence-corrected chi connectivity index (χ4v) is 8.34. The second-order valence-electron chi connectivity index (χ2n) is 10.1. The summed E-state index contributed by atoms with van der Waals surface area (Å²) >= 11 is 0. The maximum atomic E-state index is 12.2. The summed E-state index contributed by atoms with van der Waals surface area (Å²) in [5, 5.41) is 0. The van der Waals surface area contributed by atoms with Gasteiger partial charge in [0.1, 0.15) is 5.78 Å². The minimum absolute atomic E-state index is 0.327. The van der Waals surface area contributed by atoms with Gasteiger partial charge in [-0.3, -0.25) is 4.79 Å². The van der Waals surface area contributed by atoms with Crippen molar-refractivity contribution in [3.63, 3.8) is 0 Å². The van der Waals surface area contributed by atoms with Crippen molar-refractivity contribution in [2.75, 3.05) is 0 Å². The van der Waals surface area contributed by atoms with Crippen LogP contribution in [0.1, 0.15) is 85.5 Å². The summed E-state index contributed by atoms with van der Waals surface area (Å²) in [5.41, 5.74) is 0.922. The molecule has 23 heavy (non-hydrogen) atoms. The van der Waals surface area contributed by atoms with Gasteiger partial charge in [-0.05, 0) is 92.3 Å². The molecule has 8 atom stereocenters. The summed E-state index contributed by atoms with van der Waals surface area (Å²) in [4.78, 5) is 12.2. The summed E-state index contributed by atoms with van der Waals surface area (Å²) < 4.78 is 0. The van der Waals surface area contributed by atoms with Crippen LogP contribution in [-0.4, -0.2) is 5.78 Å². The molecule has 4 aliphatic rings. The van der Waals surface area contributed by atoms with Gasteiger partial charge >= 0.3 is 0 Å². The first-order valence-electron chi connectivity index (χ1n) is 10.4. The van der Waals surface area contributed by atoms with Gasteiger partial charge in [-0.15, -0.1) is 0 Å². The lowest BCUT2D eigenvalue weighted by atomic mass is 9.43. The molecule has 1 unspecified atom stereocenters. The molecule has 0 aromatic carbocycles. The van der Waals surface area contributed by atoms with Crippen LogP contribution >= 0.6 is 0 Å². The average Bonchev–Trinajstić information content (AvgIpc) is 2.86. The first-order valence-corrected chi connectivity index (χ1v) is 10.4. The van der Waals surface area contributed by atoms with Gasteiger partial charge in [-0.2, -0.15) is 0 Å². The van der Waals surface area contributed by atoms with Crippen molar-refractivity contribution in [1.82, 2.24) is 0 Å². The van der Waals surface area contributed by atoms with Gasteiger partial charge < -0.3 is 0 Å². The third-order valence-electron chi connectivity index (χ3n) is 9.71. The Morgan fingerprint density at radius 2 is 1.70 bits per heavy atom. The summed E-state index contributed by atoms with van der Waals surface area (Å²) in [6, 6.07) is 0. The molecule has 1 nitrogen and oxygen atoms in total. The van der Waals surface area contributed by atoms with Crippen molar-refractivity contribution in [1.29, 1.82) is 0 Å². The molecule has 1 heteroatoms. The lowest BCUT2D eigenvalue weighted by Gasteiger charge is -2.62. The second kappa shape index (κ2) is 5.33. The Balaban J connectivity index is 1.66. The van der Waals surface area contributed by atoms with E-state index in [0.29, 0.717) is 22.5 Å². The summed E-state index contributed by atoms with van der Waals surface area (Å²) in [5.74, 6) is 5.43. The lowest BCUT2D eigenvalue weighted by Crippen LogP contribution is -2.55. The Morgan fingerprint density at radius 1 is 0.913 bits per heavy atom. The fourth-order valence-electron chi connectivity index (χ4n) is 8.34. The predicted molar refractivity (Wildman–Crippen MR) is 95.1 cm³/mol. The molecule has 0 N–H and O–H groups in total. The van der Waals surface area contributed by atoms with Crippen LogP contribution in [0.5, 0.6) is 0 Å². The largest absolute Gasteiger partial charge is 0.300 e. The van der Waals surface area contributed by atoms with Crippen LogP contribution in [0, 0.1) is 46.3 Å². The zero-order valence-corrected chi connectivity index (χ0v) is 15.7. The molecule has 4 fully saturated rings. The van der Waals surface area contributed by atoms with Crippen LogP contribution < -0.4 is 0 Å². The van der Waals surface area contributed by atoms with Gasteiger partial charge in [0.25, 0.3) is 0 Å². The van der Waals surface area contributed by atoms with E-state index in [1.165, 1.54) is 57.8 Å². The van der Waals surface area contributed by atoms with Crippen LogP contribution in [0.4, 0.5) is 0 Å². The topological polar surface area (TPSA) is 17.1 Å². The molecule has 0 radical (unpaired) electrons. The Morgan fingerprint density at radius 3 is 2.43 bits per heavy atom. The van der Waals surface area contributed by atoms with Crippen LogP contribution in [0.2, 0.25) is 0 Å². The smallest absolute Gasteiger partial charge is 0.133 e. The first-order chi connectivity index (χ1) is 10.9. The molecule has 0 amide bonds. The number of rotatable bonds is 1. The van der Waals surface area contributed by atoms with E-state index in [2.05, 4.69) is 20.8 Å². The molecule has 0 aromatic rings. The Kier molecular flexibility index (Phi) is 3.75. The third kappa shape index (κ3) is 2.07. The molecule has 130 valence electrons. The minimum Gasteiger partial charge on any atom is -0.300 e. The molecular formula is C22H36O. The van der Waals surface area contributed by atoms with Crippen molar-refractivity contribution in [3.8, 4) is 0 Å². The van der Waals surface area contributed by atoms with Crippen molar-refractivity contribution >= 4 is 5.78 Å². The van der Waals surface area contributed by atoms with Gasteiger partial charge in [-0.1, -0.05) is 33.6 Å². The van der Waals surface area contributed by atoms with E-state index in [4.69, 9.17) is 0 Å². The highest BCUT2D eigenvalue weighted by Crippen LogP contribution is 2.68. The molecule has 0 heterocycles. The van der Waals surface area contributed by atoms with Crippen LogP contribution in [0.25, 0.3) is 0 Å². The quantitative estimate of drug-likeness (QED) is 0.591. The molecule has 0 spiro atoms. The van der Waals surface area contributed by atoms with Gasteiger partial charge in [0.2, 0.25) is 0 Å². The Bertz CT molecular complexity index is 496. The number of carbonyl (C=O) groups excluding carboxylic acids is 1. The number of hydrogen-bond acceptors (Lipinski definition) is 1. The minimum atomic E-state index is 0.327. The van der Waals surface area contributed by atoms with Crippen LogP contribution in [-0.2, 0) is 4.79 Å². The molecule has 0 bridgehead atoms. The number of hydrogen-bond donors (Lipinski definition) is 0. The lowest BCUT2D eigenvalue weighted by molar-refractivity contribution is -0.142. The van der Waals surface area contributed by atoms with Gasteiger partial charge in [0.05, 0.1) is 0 Å². The Labute approximate surface area is 143 Å². The normalized spacial score (nSPS) is 55.7. The molecule has 0 aromatic heterocycles. The third-order valence-corrected chi connectivity index (χ3v) is 9.71. The van der Waals surface area contributed by atoms with E-state index in [9.17, 15) is 4.79 Å². The van der Waals surface area contributed by atoms with E-state index in [1.54, 1.807) is 0 Å². The number of fused-ring (bicyclic) bond motifs is 5. The molecule has 4 aliphatic carbocycles. The van der Waals surface area contributed by atoms with Crippen molar-refractivity contribution in [2.45, 2.75) is 85.5 Å². The second-order valence-corrected chi connectivity index (χ2v) is 10.1. The van der Waals surface area contributed by atoms with E-state index < -0.39 is 0 Å². The van der Waals surface area contributed by atoms with Gasteiger partial charge in [0, 0.05) is 5.92 Å². The van der Waals surface area contributed by atoms with Gasteiger partial charge in [0.15, 0.2) is 0 Å². The summed E-state index contributed by atoms with van der Waals surface area (Å²) in [6.45, 7) is 9.55. The average molecular weight is 317 g/mol. The van der Waals surface area contributed by atoms with Crippen LogP contribution in [0.3, 0.4) is 0 Å². The SMILES string of the molecule is CC(=O)[C@H]1CC[C@H]2[C@@H]3CC[C@H]4CCCC(C)[C@]4(C)[C@H]3CC[C@]12C. The highest BCUT2D eigenvalue weighted by molar-refractivity contribution is 5.79. The first kappa shape index (κ1) is 16.2. The molecule has 0 saturated heterocycles. The van der Waals surface area contributed by atoms with Crippen molar-refractivity contribution in [3.05, 3.63) is 0 Å². The van der Waals surface area contributed by atoms with E-state index in [1.807, 2.05) is 6.92 Å². The Hall–Kier alpha value is -0.330. The fraction of sp³-hybridized carbons (Fsp3) is 0.955. The van der Waals surface area contributed by atoms with Gasteiger partial charge in [-0.25, -0.2) is 0 Å². The number of carbonyl (C=O) groups is 1. The zero-order chi connectivity index (χ0) is 16.4.